The molecule has 0 heterocycles. The van der Waals surface area contributed by atoms with Crippen LogP contribution < -0.4 is 0 Å². The second-order valence-electron chi connectivity index (χ2n) is 1.66. The minimum atomic E-state index is 0.744. The van der Waals surface area contributed by atoms with E-state index in [0.29, 0.717) is 0 Å². The van der Waals surface area contributed by atoms with Crippen molar-refractivity contribution in [2.45, 2.75) is 32.6 Å². The molecule has 0 aliphatic rings. The SMILES string of the molecule is CCCCCC=O.CS. The lowest BCUT2D eigenvalue weighted by Gasteiger charge is -1.85. The second kappa shape index (κ2) is 15.7. The van der Waals surface area contributed by atoms with Crippen molar-refractivity contribution in [3.8, 4) is 0 Å². The van der Waals surface area contributed by atoms with Crippen molar-refractivity contribution in [2.75, 3.05) is 6.26 Å². The first kappa shape index (κ1) is 11.8. The molecule has 0 aromatic rings. The van der Waals surface area contributed by atoms with Gasteiger partial charge in [0.25, 0.3) is 0 Å². The van der Waals surface area contributed by atoms with Crippen LogP contribution in [-0.4, -0.2) is 12.5 Å². The first-order valence-electron chi connectivity index (χ1n) is 3.30. The van der Waals surface area contributed by atoms with Gasteiger partial charge in [-0.25, -0.2) is 0 Å². The normalized spacial score (nSPS) is 7.44. The average molecular weight is 148 g/mol. The smallest absolute Gasteiger partial charge is 0.119 e. The van der Waals surface area contributed by atoms with Gasteiger partial charge in [-0.2, -0.15) is 12.6 Å². The predicted molar refractivity (Wildman–Crippen MR) is 45.1 cm³/mol. The van der Waals surface area contributed by atoms with Crippen molar-refractivity contribution in [3.63, 3.8) is 0 Å². The Bertz CT molecular complexity index is 46.2. The van der Waals surface area contributed by atoms with Gasteiger partial charge in [-0.1, -0.05) is 19.8 Å². The van der Waals surface area contributed by atoms with E-state index in [1.165, 1.54) is 12.8 Å². The molecule has 0 saturated heterocycles. The summed E-state index contributed by atoms with van der Waals surface area (Å²) in [5.74, 6) is 0. The number of carbonyl (C=O) groups excluding carboxylic acids is 1. The molecule has 0 spiro atoms. The maximum atomic E-state index is 9.68. The number of unbranched alkanes of at least 4 members (excludes halogenated alkanes) is 3. The van der Waals surface area contributed by atoms with Crippen LogP contribution in [0.25, 0.3) is 0 Å². The summed E-state index contributed by atoms with van der Waals surface area (Å²) in [5.41, 5.74) is 0. The third kappa shape index (κ3) is 18.0. The van der Waals surface area contributed by atoms with Gasteiger partial charge in [-0.15, -0.1) is 0 Å². The number of carbonyl (C=O) groups is 1. The van der Waals surface area contributed by atoms with Crippen LogP contribution >= 0.6 is 12.6 Å². The fraction of sp³-hybridized carbons (Fsp3) is 0.857. The van der Waals surface area contributed by atoms with Gasteiger partial charge in [0.05, 0.1) is 0 Å². The lowest BCUT2D eigenvalue weighted by Crippen LogP contribution is -1.73. The summed E-state index contributed by atoms with van der Waals surface area (Å²) in [6, 6.07) is 0. The van der Waals surface area contributed by atoms with Crippen LogP contribution in [0.2, 0.25) is 0 Å². The zero-order valence-corrected chi connectivity index (χ0v) is 7.16. The Morgan fingerprint density at radius 3 is 2.22 bits per heavy atom. The lowest BCUT2D eigenvalue weighted by atomic mass is 10.2. The highest BCUT2D eigenvalue weighted by Gasteiger charge is 1.80. The molecular weight excluding hydrogens is 132 g/mol. The summed E-state index contributed by atoms with van der Waals surface area (Å²) in [7, 11) is 0. The molecular formula is C7H16OS. The standard InChI is InChI=1S/C6H12O.CH4S/c1-2-3-4-5-6-7;1-2/h6H,2-5H2,1H3;2H,1H3. The summed E-state index contributed by atoms with van der Waals surface area (Å²) >= 11 is 3.53. The molecule has 0 amide bonds. The Morgan fingerprint density at radius 1 is 1.33 bits per heavy atom. The quantitative estimate of drug-likeness (QED) is 0.368. The summed E-state index contributed by atoms with van der Waals surface area (Å²) in [4.78, 5) is 9.68. The fourth-order valence-electron chi connectivity index (χ4n) is 0.478. The zero-order chi connectivity index (χ0) is 7.54. The van der Waals surface area contributed by atoms with Gasteiger partial charge < -0.3 is 4.79 Å². The summed E-state index contributed by atoms with van der Waals surface area (Å²) in [5, 5.41) is 0. The van der Waals surface area contributed by atoms with E-state index < -0.39 is 0 Å². The average Bonchev–Trinajstić information content (AvgIpc) is 1.94. The van der Waals surface area contributed by atoms with E-state index in [9.17, 15) is 4.79 Å². The van der Waals surface area contributed by atoms with Crippen molar-refractivity contribution >= 4 is 18.9 Å². The molecule has 0 unspecified atom stereocenters. The van der Waals surface area contributed by atoms with Crippen molar-refractivity contribution in [1.82, 2.24) is 0 Å². The Hall–Kier alpha value is 0.0200. The van der Waals surface area contributed by atoms with Crippen molar-refractivity contribution in [2.24, 2.45) is 0 Å². The van der Waals surface area contributed by atoms with Crippen LogP contribution in [0.15, 0.2) is 0 Å². The third-order valence-corrected chi connectivity index (χ3v) is 0.926. The van der Waals surface area contributed by atoms with Gasteiger partial charge in [0.2, 0.25) is 0 Å². The van der Waals surface area contributed by atoms with Crippen molar-refractivity contribution in [3.05, 3.63) is 0 Å². The van der Waals surface area contributed by atoms with E-state index >= 15 is 0 Å². The molecule has 1 nitrogen and oxygen atoms in total. The van der Waals surface area contributed by atoms with Crippen LogP contribution in [0.5, 0.6) is 0 Å². The third-order valence-electron chi connectivity index (χ3n) is 0.926. The van der Waals surface area contributed by atoms with E-state index in [0.717, 1.165) is 19.1 Å². The Balaban J connectivity index is 0. The van der Waals surface area contributed by atoms with E-state index in [1.54, 1.807) is 6.26 Å². The van der Waals surface area contributed by atoms with Crippen LogP contribution in [0.1, 0.15) is 32.6 Å². The highest BCUT2D eigenvalue weighted by atomic mass is 32.1. The van der Waals surface area contributed by atoms with Gasteiger partial charge in [0.15, 0.2) is 0 Å². The molecule has 0 radical (unpaired) electrons. The predicted octanol–water partition coefficient (Wildman–Crippen LogP) is 2.31. The van der Waals surface area contributed by atoms with Crippen LogP contribution in [0.3, 0.4) is 0 Å². The molecule has 2 heteroatoms. The van der Waals surface area contributed by atoms with Crippen molar-refractivity contribution in [1.29, 1.82) is 0 Å². The van der Waals surface area contributed by atoms with Gasteiger partial charge in [0, 0.05) is 6.42 Å². The molecule has 0 N–H and O–H groups in total. The molecule has 0 saturated carbocycles. The minimum Gasteiger partial charge on any atom is -0.303 e. The molecule has 0 bridgehead atoms. The molecule has 0 atom stereocenters. The van der Waals surface area contributed by atoms with Gasteiger partial charge >= 0.3 is 0 Å². The minimum absolute atomic E-state index is 0.744. The first-order chi connectivity index (χ1) is 4.41. The molecule has 0 rings (SSSR count). The van der Waals surface area contributed by atoms with Gasteiger partial charge in [-0.3, -0.25) is 0 Å². The largest absolute Gasteiger partial charge is 0.303 e. The fourth-order valence-corrected chi connectivity index (χ4v) is 0.478. The number of thiol groups is 1. The van der Waals surface area contributed by atoms with E-state index in [-0.39, 0.29) is 0 Å². The highest BCUT2D eigenvalue weighted by Crippen LogP contribution is 1.94. The topological polar surface area (TPSA) is 17.1 Å². The summed E-state index contributed by atoms with van der Waals surface area (Å²) < 4.78 is 0. The molecule has 56 valence electrons. The van der Waals surface area contributed by atoms with Crippen LogP contribution in [0.4, 0.5) is 0 Å². The van der Waals surface area contributed by atoms with E-state index in [2.05, 4.69) is 19.6 Å². The van der Waals surface area contributed by atoms with E-state index in [4.69, 9.17) is 0 Å². The Morgan fingerprint density at radius 2 is 1.89 bits per heavy atom. The second-order valence-corrected chi connectivity index (χ2v) is 1.66. The lowest BCUT2D eigenvalue weighted by molar-refractivity contribution is -0.107. The molecule has 9 heavy (non-hydrogen) atoms. The Labute approximate surface area is 63.3 Å². The monoisotopic (exact) mass is 148 g/mol. The molecule has 0 aromatic carbocycles. The number of hydrogen-bond acceptors (Lipinski definition) is 2. The molecule has 0 fully saturated rings. The van der Waals surface area contributed by atoms with Crippen molar-refractivity contribution < 1.29 is 4.79 Å². The van der Waals surface area contributed by atoms with Gasteiger partial charge in [-0.05, 0) is 12.7 Å². The zero-order valence-electron chi connectivity index (χ0n) is 6.26. The Kier molecular flexibility index (Phi) is 20.5. The number of hydrogen-bond donors (Lipinski definition) is 1. The highest BCUT2D eigenvalue weighted by molar-refractivity contribution is 7.79. The molecule has 0 aromatic heterocycles. The van der Waals surface area contributed by atoms with Gasteiger partial charge in [0.1, 0.15) is 6.29 Å². The van der Waals surface area contributed by atoms with E-state index in [1.807, 2.05) is 0 Å². The molecule has 0 aliphatic heterocycles. The van der Waals surface area contributed by atoms with Crippen LogP contribution in [0, 0.1) is 0 Å². The maximum Gasteiger partial charge on any atom is 0.119 e. The molecule has 0 aliphatic carbocycles. The summed E-state index contributed by atoms with van der Waals surface area (Å²) in [6.07, 6.45) is 6.89. The summed E-state index contributed by atoms with van der Waals surface area (Å²) in [6.45, 7) is 2.13. The first-order valence-corrected chi connectivity index (χ1v) is 4.19. The number of aldehydes is 1. The van der Waals surface area contributed by atoms with Crippen LogP contribution in [-0.2, 0) is 4.79 Å². The number of rotatable bonds is 4. The maximum absolute atomic E-state index is 9.68.